The molecule has 35 heavy (non-hydrogen) atoms. The first-order chi connectivity index (χ1) is 16.9. The van der Waals surface area contributed by atoms with Gasteiger partial charge in [-0.3, -0.25) is 9.36 Å². The second-order valence-corrected chi connectivity index (χ2v) is 10.5. The van der Waals surface area contributed by atoms with Gasteiger partial charge in [-0.15, -0.1) is 0 Å². The van der Waals surface area contributed by atoms with Crippen LogP contribution in [-0.4, -0.2) is 40.2 Å². The number of halogens is 1. The molecule has 0 aliphatic carbocycles. The van der Waals surface area contributed by atoms with Crippen molar-refractivity contribution in [3.63, 3.8) is 0 Å². The van der Waals surface area contributed by atoms with Gasteiger partial charge in [-0.2, -0.15) is 0 Å². The number of aromatic nitrogens is 2. The topological polar surface area (TPSA) is 67.3 Å². The van der Waals surface area contributed by atoms with Gasteiger partial charge in [0.2, 0.25) is 0 Å². The van der Waals surface area contributed by atoms with Crippen LogP contribution < -0.4 is 16.0 Å². The van der Waals surface area contributed by atoms with Gasteiger partial charge >= 0.3 is 5.69 Å². The number of likely N-dealkylation sites (tertiary alicyclic amines) is 1. The quantitative estimate of drug-likeness (QED) is 0.430. The summed E-state index contributed by atoms with van der Waals surface area (Å²) in [6, 6.07) is 17.4. The molecule has 0 unspecified atom stereocenters. The van der Waals surface area contributed by atoms with Crippen LogP contribution in [-0.2, 0) is 19.4 Å². The average Bonchev–Trinajstić information content (AvgIpc) is 2.83. The van der Waals surface area contributed by atoms with E-state index in [9.17, 15) is 9.59 Å². The van der Waals surface area contributed by atoms with E-state index >= 15 is 0 Å². The van der Waals surface area contributed by atoms with E-state index in [0.29, 0.717) is 18.0 Å². The van der Waals surface area contributed by atoms with E-state index < -0.39 is 0 Å². The maximum Gasteiger partial charge on any atom is 0.328 e. The molecule has 0 atom stereocenters. The predicted molar refractivity (Wildman–Crippen MR) is 143 cm³/mol. The Kier molecular flexibility index (Phi) is 8.63. The maximum absolute atomic E-state index is 12.6. The molecule has 1 N–H and O–H groups in total. The van der Waals surface area contributed by atoms with Crippen LogP contribution in [0.5, 0.6) is 5.75 Å². The normalized spacial score (nSPS) is 15.0. The zero-order valence-electron chi connectivity index (χ0n) is 20.5. The lowest BCUT2D eigenvalue weighted by Gasteiger charge is -2.32. The Bertz CT molecular complexity index is 1200. The number of hydrogen-bond acceptors (Lipinski definition) is 4. The number of benzene rings is 2. The summed E-state index contributed by atoms with van der Waals surface area (Å²) in [4.78, 5) is 30.4. The highest BCUT2D eigenvalue weighted by Crippen LogP contribution is 2.29. The summed E-state index contributed by atoms with van der Waals surface area (Å²) in [5.74, 6) is 1.56. The van der Waals surface area contributed by atoms with Gasteiger partial charge in [-0.05, 0) is 81.4 Å². The third-order valence-electron chi connectivity index (χ3n) is 6.56. The summed E-state index contributed by atoms with van der Waals surface area (Å²) in [6.07, 6.45) is 4.14. The van der Waals surface area contributed by atoms with E-state index in [1.165, 1.54) is 10.1 Å². The van der Waals surface area contributed by atoms with Gasteiger partial charge < -0.3 is 14.6 Å². The Hall–Kier alpha value is -2.64. The molecule has 0 spiro atoms. The third kappa shape index (κ3) is 7.18. The Morgan fingerprint density at radius 2 is 1.80 bits per heavy atom. The smallest absolute Gasteiger partial charge is 0.328 e. The standard InChI is InChI=1S/C28H34BrN3O3/c1-20(2)35-25-8-9-26(29)23(17-25)16-21-10-13-31(14-11-21)15-12-24-18-27(33)32(28(34)30-24)19-22-6-4-3-5-7-22/h3-9,17-18,20-21H,10-16,19H2,1-2H3,(H,30,34). The van der Waals surface area contributed by atoms with Gasteiger partial charge in [-0.1, -0.05) is 46.3 Å². The Labute approximate surface area is 215 Å². The minimum Gasteiger partial charge on any atom is -0.491 e. The largest absolute Gasteiger partial charge is 0.491 e. The lowest BCUT2D eigenvalue weighted by molar-refractivity contribution is 0.185. The van der Waals surface area contributed by atoms with E-state index in [-0.39, 0.29) is 23.9 Å². The molecule has 2 heterocycles. The van der Waals surface area contributed by atoms with E-state index in [1.807, 2.05) is 50.2 Å². The molecule has 7 heteroatoms. The summed E-state index contributed by atoms with van der Waals surface area (Å²) >= 11 is 3.70. The lowest BCUT2D eigenvalue weighted by atomic mass is 9.90. The molecule has 2 aromatic carbocycles. The predicted octanol–water partition coefficient (Wildman–Crippen LogP) is 4.63. The zero-order chi connectivity index (χ0) is 24.8. The monoisotopic (exact) mass is 539 g/mol. The minimum atomic E-state index is -0.343. The molecule has 0 amide bonds. The van der Waals surface area contributed by atoms with E-state index in [2.05, 4.69) is 37.9 Å². The van der Waals surface area contributed by atoms with E-state index in [0.717, 1.165) is 54.7 Å². The summed E-state index contributed by atoms with van der Waals surface area (Å²) < 4.78 is 8.26. The van der Waals surface area contributed by atoms with Crippen LogP contribution >= 0.6 is 15.9 Å². The lowest BCUT2D eigenvalue weighted by Crippen LogP contribution is -2.38. The zero-order valence-corrected chi connectivity index (χ0v) is 22.1. The number of piperidine rings is 1. The fourth-order valence-electron chi connectivity index (χ4n) is 4.68. The summed E-state index contributed by atoms with van der Waals surface area (Å²) in [6.45, 7) is 7.27. The van der Waals surface area contributed by atoms with Crippen molar-refractivity contribution in [3.05, 3.63) is 96.7 Å². The molecule has 4 rings (SSSR count). The number of nitrogens with zero attached hydrogens (tertiary/aromatic N) is 2. The highest BCUT2D eigenvalue weighted by molar-refractivity contribution is 9.10. The number of hydrogen-bond donors (Lipinski definition) is 1. The van der Waals surface area contributed by atoms with Gasteiger partial charge in [0.1, 0.15) is 5.75 Å². The van der Waals surface area contributed by atoms with Crippen molar-refractivity contribution in [2.75, 3.05) is 19.6 Å². The van der Waals surface area contributed by atoms with Crippen molar-refractivity contribution in [2.24, 2.45) is 5.92 Å². The number of rotatable bonds is 9. The molecule has 3 aromatic rings. The molecule has 0 saturated carbocycles. The van der Waals surface area contributed by atoms with Crippen LogP contribution in [0.25, 0.3) is 0 Å². The van der Waals surface area contributed by atoms with Gasteiger partial charge in [0.05, 0.1) is 12.6 Å². The SMILES string of the molecule is CC(C)Oc1ccc(Br)c(CC2CCN(CCc3cc(=O)n(Cc4ccccc4)c(=O)[nH]3)CC2)c1. The Morgan fingerprint density at radius 3 is 2.49 bits per heavy atom. The van der Waals surface area contributed by atoms with Gasteiger partial charge in [-0.25, -0.2) is 4.79 Å². The molecular formula is C28H34BrN3O3. The van der Waals surface area contributed by atoms with Crippen LogP contribution in [0.1, 0.15) is 43.5 Å². The van der Waals surface area contributed by atoms with Crippen LogP contribution in [0, 0.1) is 5.92 Å². The van der Waals surface area contributed by atoms with Gasteiger partial charge in [0.25, 0.3) is 5.56 Å². The molecule has 1 aromatic heterocycles. The second-order valence-electron chi connectivity index (χ2n) is 9.67. The number of H-pyrrole nitrogens is 1. The van der Waals surface area contributed by atoms with Crippen LogP contribution in [0.15, 0.2) is 68.7 Å². The van der Waals surface area contributed by atoms with Crippen LogP contribution in [0.4, 0.5) is 0 Å². The van der Waals surface area contributed by atoms with Crippen molar-refractivity contribution in [2.45, 2.75) is 52.2 Å². The first-order valence-corrected chi connectivity index (χ1v) is 13.2. The first-order valence-electron chi connectivity index (χ1n) is 12.4. The number of nitrogens with one attached hydrogen (secondary N) is 1. The molecule has 6 nitrogen and oxygen atoms in total. The van der Waals surface area contributed by atoms with Gasteiger partial charge in [0, 0.05) is 29.2 Å². The third-order valence-corrected chi connectivity index (χ3v) is 7.34. The number of aromatic amines is 1. The Balaban J connectivity index is 1.28. The fraction of sp³-hybridized carbons (Fsp3) is 0.429. The molecular weight excluding hydrogens is 506 g/mol. The maximum atomic E-state index is 12.6. The van der Waals surface area contributed by atoms with E-state index in [1.54, 1.807) is 6.07 Å². The highest BCUT2D eigenvalue weighted by atomic mass is 79.9. The molecule has 0 radical (unpaired) electrons. The van der Waals surface area contributed by atoms with Crippen molar-refractivity contribution < 1.29 is 4.74 Å². The summed E-state index contributed by atoms with van der Waals surface area (Å²) in [5.41, 5.74) is 2.35. The van der Waals surface area contributed by atoms with E-state index in [4.69, 9.17) is 4.74 Å². The molecule has 1 aliphatic heterocycles. The minimum absolute atomic E-state index is 0.165. The molecule has 1 aliphatic rings. The molecule has 186 valence electrons. The average molecular weight is 541 g/mol. The summed E-state index contributed by atoms with van der Waals surface area (Å²) in [7, 11) is 0. The van der Waals surface area contributed by atoms with Crippen molar-refractivity contribution in [1.29, 1.82) is 0 Å². The molecule has 1 fully saturated rings. The molecule has 0 bridgehead atoms. The number of ether oxygens (including phenoxy) is 1. The van der Waals surface area contributed by atoms with Crippen LogP contribution in [0.3, 0.4) is 0 Å². The van der Waals surface area contributed by atoms with Crippen molar-refractivity contribution in [3.8, 4) is 5.75 Å². The highest BCUT2D eigenvalue weighted by Gasteiger charge is 2.20. The van der Waals surface area contributed by atoms with Crippen molar-refractivity contribution in [1.82, 2.24) is 14.5 Å². The first kappa shape index (κ1) is 25.5. The summed E-state index contributed by atoms with van der Waals surface area (Å²) in [5, 5.41) is 0. The second kappa shape index (κ2) is 11.9. The van der Waals surface area contributed by atoms with Gasteiger partial charge in [0.15, 0.2) is 0 Å². The van der Waals surface area contributed by atoms with Crippen LogP contribution in [0.2, 0.25) is 0 Å². The fourth-order valence-corrected chi connectivity index (χ4v) is 5.08. The van der Waals surface area contributed by atoms with Crippen molar-refractivity contribution >= 4 is 15.9 Å². The Morgan fingerprint density at radius 1 is 1.06 bits per heavy atom. The molecule has 1 saturated heterocycles.